The lowest BCUT2D eigenvalue weighted by Crippen LogP contribution is -2.51. The average Bonchev–Trinajstić information content (AvgIpc) is 2.21. The molecule has 3 unspecified atom stereocenters. The zero-order chi connectivity index (χ0) is 11.3. The summed E-state index contributed by atoms with van der Waals surface area (Å²) >= 11 is 0. The van der Waals surface area contributed by atoms with Crippen LogP contribution >= 0.6 is 0 Å². The van der Waals surface area contributed by atoms with E-state index in [1.165, 1.54) is 0 Å². The summed E-state index contributed by atoms with van der Waals surface area (Å²) in [5.41, 5.74) is 0. The van der Waals surface area contributed by atoms with E-state index in [1.54, 1.807) is 7.11 Å². The Morgan fingerprint density at radius 3 is 3.00 bits per heavy atom. The molecular formula is C11H22N2O2. The quantitative estimate of drug-likeness (QED) is 0.711. The van der Waals surface area contributed by atoms with Gasteiger partial charge in [0.25, 0.3) is 0 Å². The van der Waals surface area contributed by atoms with Gasteiger partial charge in [-0.1, -0.05) is 13.8 Å². The molecule has 0 spiro atoms. The van der Waals surface area contributed by atoms with Gasteiger partial charge in [0, 0.05) is 19.7 Å². The van der Waals surface area contributed by atoms with Crippen LogP contribution in [0.2, 0.25) is 0 Å². The van der Waals surface area contributed by atoms with Gasteiger partial charge in [0.2, 0.25) is 5.91 Å². The molecule has 2 N–H and O–H groups in total. The van der Waals surface area contributed by atoms with Crippen molar-refractivity contribution in [2.24, 2.45) is 11.8 Å². The van der Waals surface area contributed by atoms with Crippen LogP contribution in [0.15, 0.2) is 0 Å². The minimum atomic E-state index is -0.0656. The average molecular weight is 214 g/mol. The van der Waals surface area contributed by atoms with Gasteiger partial charge in [-0.2, -0.15) is 0 Å². The number of amides is 1. The summed E-state index contributed by atoms with van der Waals surface area (Å²) in [6.07, 6.45) is 1.13. The summed E-state index contributed by atoms with van der Waals surface area (Å²) in [5, 5.41) is 6.37. The highest BCUT2D eigenvalue weighted by Crippen LogP contribution is 2.11. The molecule has 0 saturated carbocycles. The fourth-order valence-electron chi connectivity index (χ4n) is 1.83. The number of piperidine rings is 1. The fourth-order valence-corrected chi connectivity index (χ4v) is 1.83. The standard InChI is InChI=1S/C11H22N2O2/c1-8-4-5-12-6-10(8)13-11(14)9(2)7-15-3/h8-10,12H,4-7H2,1-3H3,(H,13,14). The first kappa shape index (κ1) is 12.5. The lowest BCUT2D eigenvalue weighted by Gasteiger charge is -2.31. The number of carbonyl (C=O) groups is 1. The molecule has 1 rings (SSSR count). The molecule has 0 aliphatic carbocycles. The summed E-state index contributed by atoms with van der Waals surface area (Å²) in [7, 11) is 1.62. The van der Waals surface area contributed by atoms with Gasteiger partial charge in [-0.3, -0.25) is 4.79 Å². The van der Waals surface area contributed by atoms with Gasteiger partial charge in [-0.25, -0.2) is 0 Å². The Balaban J connectivity index is 2.35. The van der Waals surface area contributed by atoms with Crippen LogP contribution in [0, 0.1) is 11.8 Å². The van der Waals surface area contributed by atoms with Crippen molar-refractivity contribution in [2.75, 3.05) is 26.8 Å². The number of methoxy groups -OCH3 is 1. The summed E-state index contributed by atoms with van der Waals surface area (Å²) in [6, 6.07) is 0.269. The molecule has 3 atom stereocenters. The van der Waals surface area contributed by atoms with Crippen molar-refractivity contribution >= 4 is 5.91 Å². The molecule has 4 heteroatoms. The zero-order valence-electron chi connectivity index (χ0n) is 9.88. The van der Waals surface area contributed by atoms with Crippen molar-refractivity contribution in [3.05, 3.63) is 0 Å². The van der Waals surface area contributed by atoms with Crippen LogP contribution in [0.4, 0.5) is 0 Å². The van der Waals surface area contributed by atoms with Crippen molar-refractivity contribution < 1.29 is 9.53 Å². The predicted octanol–water partition coefficient (Wildman–Crippen LogP) is 0.383. The van der Waals surface area contributed by atoms with E-state index in [0.29, 0.717) is 12.5 Å². The molecular weight excluding hydrogens is 192 g/mol. The number of nitrogens with one attached hydrogen (secondary N) is 2. The molecule has 1 aliphatic heterocycles. The van der Waals surface area contributed by atoms with Crippen LogP contribution in [0.1, 0.15) is 20.3 Å². The maximum Gasteiger partial charge on any atom is 0.225 e. The van der Waals surface area contributed by atoms with Crippen molar-refractivity contribution in [2.45, 2.75) is 26.3 Å². The molecule has 15 heavy (non-hydrogen) atoms. The Labute approximate surface area is 91.8 Å². The number of ether oxygens (including phenoxy) is 1. The molecule has 4 nitrogen and oxygen atoms in total. The highest BCUT2D eigenvalue weighted by atomic mass is 16.5. The van der Waals surface area contributed by atoms with Gasteiger partial charge in [-0.15, -0.1) is 0 Å². The highest BCUT2D eigenvalue weighted by molar-refractivity contribution is 5.78. The van der Waals surface area contributed by atoms with Gasteiger partial charge in [0.15, 0.2) is 0 Å². The monoisotopic (exact) mass is 214 g/mol. The lowest BCUT2D eigenvalue weighted by atomic mass is 9.94. The van der Waals surface area contributed by atoms with E-state index in [0.717, 1.165) is 19.5 Å². The van der Waals surface area contributed by atoms with E-state index in [9.17, 15) is 4.79 Å². The summed E-state index contributed by atoms with van der Waals surface area (Å²) < 4.78 is 4.96. The van der Waals surface area contributed by atoms with Crippen molar-refractivity contribution in [3.8, 4) is 0 Å². The maximum absolute atomic E-state index is 11.7. The summed E-state index contributed by atoms with van der Waals surface area (Å²) in [5.74, 6) is 0.589. The third-order valence-electron chi connectivity index (χ3n) is 3.02. The highest BCUT2D eigenvalue weighted by Gasteiger charge is 2.24. The summed E-state index contributed by atoms with van der Waals surface area (Å²) in [4.78, 5) is 11.7. The van der Waals surface area contributed by atoms with Gasteiger partial charge in [0.1, 0.15) is 0 Å². The second kappa shape index (κ2) is 6.08. The molecule has 1 heterocycles. The smallest absolute Gasteiger partial charge is 0.225 e. The molecule has 0 bridgehead atoms. The van der Waals surface area contributed by atoms with E-state index < -0.39 is 0 Å². The molecule has 1 aliphatic rings. The van der Waals surface area contributed by atoms with Crippen LogP contribution in [-0.2, 0) is 9.53 Å². The van der Waals surface area contributed by atoms with Gasteiger partial charge in [-0.05, 0) is 18.9 Å². The molecule has 0 aromatic heterocycles. The molecule has 1 amide bonds. The second-order valence-electron chi connectivity index (χ2n) is 4.44. The number of hydrogen-bond donors (Lipinski definition) is 2. The first-order valence-corrected chi connectivity index (χ1v) is 5.65. The Bertz CT molecular complexity index is 209. The van der Waals surface area contributed by atoms with E-state index >= 15 is 0 Å². The van der Waals surface area contributed by atoms with Crippen molar-refractivity contribution in [1.82, 2.24) is 10.6 Å². The SMILES string of the molecule is COCC(C)C(=O)NC1CNCCC1C. The topological polar surface area (TPSA) is 50.4 Å². The number of carbonyl (C=O) groups excluding carboxylic acids is 1. The first-order chi connectivity index (χ1) is 7.15. The Kier molecular flexibility index (Phi) is 5.05. The Hall–Kier alpha value is -0.610. The maximum atomic E-state index is 11.7. The molecule has 0 aromatic carbocycles. The zero-order valence-corrected chi connectivity index (χ0v) is 9.88. The minimum absolute atomic E-state index is 0.0656. The van der Waals surface area contributed by atoms with E-state index in [4.69, 9.17) is 4.74 Å². The normalized spacial score (nSPS) is 28.5. The van der Waals surface area contributed by atoms with Crippen LogP contribution < -0.4 is 10.6 Å². The third-order valence-corrected chi connectivity index (χ3v) is 3.02. The van der Waals surface area contributed by atoms with E-state index in [-0.39, 0.29) is 17.9 Å². The van der Waals surface area contributed by atoms with Gasteiger partial charge in [0.05, 0.1) is 12.5 Å². The number of rotatable bonds is 4. The molecule has 0 radical (unpaired) electrons. The molecule has 88 valence electrons. The van der Waals surface area contributed by atoms with E-state index in [2.05, 4.69) is 17.6 Å². The minimum Gasteiger partial charge on any atom is -0.384 e. The third kappa shape index (κ3) is 3.80. The van der Waals surface area contributed by atoms with Crippen LogP contribution in [0.3, 0.4) is 0 Å². The van der Waals surface area contributed by atoms with Crippen LogP contribution in [0.25, 0.3) is 0 Å². The van der Waals surface area contributed by atoms with Crippen molar-refractivity contribution in [1.29, 1.82) is 0 Å². The molecule has 0 aromatic rings. The summed E-state index contributed by atoms with van der Waals surface area (Å²) in [6.45, 7) is 6.50. The molecule has 1 fully saturated rings. The predicted molar refractivity (Wildman–Crippen MR) is 59.6 cm³/mol. The van der Waals surface area contributed by atoms with Gasteiger partial charge >= 0.3 is 0 Å². The van der Waals surface area contributed by atoms with Crippen LogP contribution in [0.5, 0.6) is 0 Å². The van der Waals surface area contributed by atoms with Crippen LogP contribution in [-0.4, -0.2) is 38.8 Å². The fraction of sp³-hybridized carbons (Fsp3) is 0.909. The lowest BCUT2D eigenvalue weighted by molar-refractivity contribution is -0.127. The second-order valence-corrected chi connectivity index (χ2v) is 4.44. The Morgan fingerprint density at radius 1 is 1.67 bits per heavy atom. The van der Waals surface area contributed by atoms with E-state index in [1.807, 2.05) is 6.92 Å². The number of hydrogen-bond acceptors (Lipinski definition) is 3. The largest absolute Gasteiger partial charge is 0.384 e. The molecule has 1 saturated heterocycles. The Morgan fingerprint density at radius 2 is 2.40 bits per heavy atom. The first-order valence-electron chi connectivity index (χ1n) is 5.65. The van der Waals surface area contributed by atoms with Gasteiger partial charge < -0.3 is 15.4 Å². The van der Waals surface area contributed by atoms with Crippen molar-refractivity contribution in [3.63, 3.8) is 0 Å².